The molecule has 0 aliphatic carbocycles. The highest BCUT2D eigenvalue weighted by Crippen LogP contribution is 2.15. The van der Waals surface area contributed by atoms with E-state index in [1.807, 2.05) is 16.8 Å². The minimum atomic E-state index is -0.183. The van der Waals surface area contributed by atoms with Gasteiger partial charge in [-0.3, -0.25) is 14.4 Å². The number of carbonyl (C=O) groups excluding carboxylic acids is 2. The van der Waals surface area contributed by atoms with E-state index in [2.05, 4.69) is 9.97 Å². The predicted octanol–water partition coefficient (Wildman–Crippen LogP) is 3.06. The topological polar surface area (TPSA) is 83.1 Å². The van der Waals surface area contributed by atoms with E-state index in [0.29, 0.717) is 35.3 Å². The molecule has 25 heavy (non-hydrogen) atoms. The first-order valence-corrected chi connectivity index (χ1v) is 9.57. The van der Waals surface area contributed by atoms with Crippen molar-refractivity contribution in [1.29, 1.82) is 0 Å². The first-order chi connectivity index (χ1) is 12.0. The van der Waals surface area contributed by atoms with Gasteiger partial charge < -0.3 is 9.88 Å². The lowest BCUT2D eigenvalue weighted by molar-refractivity contribution is -0.130. The lowest BCUT2D eigenvalue weighted by Crippen LogP contribution is -2.28. The van der Waals surface area contributed by atoms with E-state index in [1.165, 1.54) is 27.6 Å². The van der Waals surface area contributed by atoms with Crippen molar-refractivity contribution in [3.05, 3.63) is 50.0 Å². The van der Waals surface area contributed by atoms with Crippen LogP contribution in [0.25, 0.3) is 10.2 Å². The average molecular weight is 375 g/mol. The maximum Gasteiger partial charge on any atom is 0.268 e. The maximum atomic E-state index is 12.2. The van der Waals surface area contributed by atoms with Crippen LogP contribution in [0.3, 0.4) is 0 Å². The normalized spacial score (nSPS) is 10.9. The van der Waals surface area contributed by atoms with Crippen LogP contribution in [0, 0.1) is 0 Å². The molecule has 0 unspecified atom stereocenters. The van der Waals surface area contributed by atoms with Gasteiger partial charge in [-0.15, -0.1) is 22.7 Å². The smallest absolute Gasteiger partial charge is 0.268 e. The van der Waals surface area contributed by atoms with Gasteiger partial charge in [-0.05, 0) is 29.3 Å². The highest BCUT2D eigenvalue weighted by Gasteiger charge is 2.14. The van der Waals surface area contributed by atoms with Crippen molar-refractivity contribution in [3.63, 3.8) is 0 Å². The minimum Gasteiger partial charge on any atom is -0.338 e. The molecule has 0 bridgehead atoms. The lowest BCUT2D eigenvalue weighted by Gasteiger charge is -2.16. The Morgan fingerprint density at radius 3 is 2.80 bits per heavy atom. The first kappa shape index (κ1) is 17.5. The molecule has 3 heterocycles. The highest BCUT2D eigenvalue weighted by atomic mass is 32.1. The summed E-state index contributed by atoms with van der Waals surface area (Å²) in [6.45, 7) is 0.235. The Morgan fingerprint density at radius 1 is 1.20 bits per heavy atom. The second kappa shape index (κ2) is 7.71. The van der Waals surface area contributed by atoms with Crippen LogP contribution in [-0.2, 0) is 11.3 Å². The van der Waals surface area contributed by atoms with Gasteiger partial charge in [0.15, 0.2) is 5.78 Å². The van der Waals surface area contributed by atoms with Gasteiger partial charge in [-0.2, -0.15) is 0 Å². The van der Waals surface area contributed by atoms with Crippen LogP contribution in [-0.4, -0.2) is 33.6 Å². The fourth-order valence-electron chi connectivity index (χ4n) is 2.46. The van der Waals surface area contributed by atoms with Gasteiger partial charge in [0.05, 0.1) is 16.9 Å². The number of Topliss-reactive ketones (excluding diaryl/α,β-unsaturated/α-hetero) is 1. The molecule has 0 spiro atoms. The summed E-state index contributed by atoms with van der Waals surface area (Å²) in [4.78, 5) is 45.4. The maximum absolute atomic E-state index is 12.2. The zero-order chi connectivity index (χ0) is 17.8. The van der Waals surface area contributed by atoms with Crippen LogP contribution < -0.4 is 5.56 Å². The van der Waals surface area contributed by atoms with Gasteiger partial charge in [0.25, 0.3) is 5.56 Å². The first-order valence-electron chi connectivity index (χ1n) is 7.81. The standard InChI is InChI=1S/C17H17N3O3S2/c1-20(10-14-18-11-7-9-25-16(11)17(23)19-14)15(22)6-2-4-12(21)13-5-3-8-24-13/h3,5,7-9H,2,4,6,10H2,1H3,(H,18,19,23). The van der Waals surface area contributed by atoms with Crippen molar-refractivity contribution in [2.45, 2.75) is 25.8 Å². The molecule has 1 N–H and O–H groups in total. The number of hydrogen-bond acceptors (Lipinski definition) is 6. The molecule has 130 valence electrons. The van der Waals surface area contributed by atoms with E-state index >= 15 is 0 Å². The second-order valence-electron chi connectivity index (χ2n) is 5.65. The number of thiophene rings is 2. The van der Waals surface area contributed by atoms with Gasteiger partial charge in [0, 0.05) is 19.9 Å². The molecule has 0 saturated carbocycles. The number of H-pyrrole nitrogens is 1. The van der Waals surface area contributed by atoms with Crippen LogP contribution >= 0.6 is 22.7 Å². The van der Waals surface area contributed by atoms with Crippen molar-refractivity contribution in [3.8, 4) is 0 Å². The van der Waals surface area contributed by atoms with E-state index in [4.69, 9.17) is 0 Å². The Labute approximate surface area is 152 Å². The number of fused-ring (bicyclic) bond motifs is 1. The lowest BCUT2D eigenvalue weighted by atomic mass is 10.1. The largest absolute Gasteiger partial charge is 0.338 e. The SMILES string of the molecule is CN(Cc1nc2ccsc2c(=O)[nH]1)C(=O)CCCC(=O)c1cccs1. The van der Waals surface area contributed by atoms with Crippen molar-refractivity contribution >= 4 is 44.6 Å². The van der Waals surface area contributed by atoms with Crippen LogP contribution in [0.2, 0.25) is 0 Å². The molecule has 3 aromatic heterocycles. The van der Waals surface area contributed by atoms with Gasteiger partial charge in [0.1, 0.15) is 10.5 Å². The highest BCUT2D eigenvalue weighted by molar-refractivity contribution is 7.17. The molecule has 0 aliphatic heterocycles. The minimum absolute atomic E-state index is 0.0689. The van der Waals surface area contributed by atoms with Gasteiger partial charge >= 0.3 is 0 Å². The third kappa shape index (κ3) is 4.21. The molecule has 0 radical (unpaired) electrons. The van der Waals surface area contributed by atoms with E-state index in [-0.39, 0.29) is 23.8 Å². The second-order valence-corrected chi connectivity index (χ2v) is 7.52. The summed E-state index contributed by atoms with van der Waals surface area (Å²) in [6.07, 6.45) is 1.15. The molecule has 6 nitrogen and oxygen atoms in total. The molecule has 0 fully saturated rings. The van der Waals surface area contributed by atoms with Crippen LogP contribution in [0.5, 0.6) is 0 Å². The van der Waals surface area contributed by atoms with Gasteiger partial charge in [0.2, 0.25) is 5.91 Å². The number of ketones is 1. The van der Waals surface area contributed by atoms with Crippen LogP contribution in [0.15, 0.2) is 33.8 Å². The quantitative estimate of drug-likeness (QED) is 0.643. The zero-order valence-electron chi connectivity index (χ0n) is 13.7. The summed E-state index contributed by atoms with van der Waals surface area (Å²) in [5, 5.41) is 3.68. The number of amides is 1. The summed E-state index contributed by atoms with van der Waals surface area (Å²) in [5.41, 5.74) is 0.462. The third-order valence-corrected chi connectivity index (χ3v) is 5.58. The average Bonchev–Trinajstić information content (AvgIpc) is 3.26. The Hall–Kier alpha value is -2.32. The number of aromatic amines is 1. The van der Waals surface area contributed by atoms with Crippen molar-refractivity contribution in [1.82, 2.24) is 14.9 Å². The molecular formula is C17H17N3O3S2. The van der Waals surface area contributed by atoms with E-state index in [0.717, 1.165) is 4.88 Å². The molecule has 3 aromatic rings. The molecule has 0 atom stereocenters. The number of aromatic nitrogens is 2. The van der Waals surface area contributed by atoms with Crippen LogP contribution in [0.4, 0.5) is 0 Å². The van der Waals surface area contributed by atoms with Crippen molar-refractivity contribution in [2.24, 2.45) is 0 Å². The Kier molecular flexibility index (Phi) is 5.40. The Morgan fingerprint density at radius 2 is 2.04 bits per heavy atom. The molecule has 1 amide bonds. The van der Waals surface area contributed by atoms with E-state index in [9.17, 15) is 14.4 Å². The molecule has 0 aliphatic rings. The summed E-state index contributed by atoms with van der Waals surface area (Å²) in [7, 11) is 1.67. The Balaban J connectivity index is 1.53. The molecule has 8 heteroatoms. The van der Waals surface area contributed by atoms with Crippen molar-refractivity contribution in [2.75, 3.05) is 7.05 Å². The molecule has 0 aromatic carbocycles. The van der Waals surface area contributed by atoms with Crippen molar-refractivity contribution < 1.29 is 9.59 Å². The summed E-state index contributed by atoms with van der Waals surface area (Å²) < 4.78 is 0.588. The molecular weight excluding hydrogens is 358 g/mol. The zero-order valence-corrected chi connectivity index (χ0v) is 15.3. The summed E-state index contributed by atoms with van der Waals surface area (Å²) >= 11 is 2.76. The Bertz CT molecular complexity index is 944. The van der Waals surface area contributed by atoms with Gasteiger partial charge in [-0.1, -0.05) is 6.07 Å². The predicted molar refractivity (Wildman–Crippen MR) is 99.2 cm³/mol. The molecule has 3 rings (SSSR count). The van der Waals surface area contributed by atoms with Crippen LogP contribution in [0.1, 0.15) is 34.8 Å². The van der Waals surface area contributed by atoms with E-state index in [1.54, 1.807) is 19.2 Å². The monoisotopic (exact) mass is 375 g/mol. The number of carbonyl (C=O) groups is 2. The third-order valence-electron chi connectivity index (χ3n) is 3.77. The number of rotatable bonds is 7. The van der Waals surface area contributed by atoms with Gasteiger partial charge in [-0.25, -0.2) is 4.98 Å². The van der Waals surface area contributed by atoms with E-state index < -0.39 is 0 Å². The number of nitrogens with zero attached hydrogens (tertiary/aromatic N) is 2. The molecule has 0 saturated heterocycles. The fourth-order valence-corrected chi connectivity index (χ4v) is 3.88. The fraction of sp³-hybridized carbons (Fsp3) is 0.294. The number of nitrogens with one attached hydrogen (secondary N) is 1. The summed E-state index contributed by atoms with van der Waals surface area (Å²) in [5.74, 6) is 0.452. The number of hydrogen-bond donors (Lipinski definition) is 1. The summed E-state index contributed by atoms with van der Waals surface area (Å²) in [6, 6.07) is 5.43.